The molecule has 1 saturated heterocycles. The van der Waals surface area contributed by atoms with E-state index in [1.165, 1.54) is 0 Å². The molecule has 1 aromatic rings. The van der Waals surface area contributed by atoms with Crippen LogP contribution in [0.15, 0.2) is 18.5 Å². The second-order valence-electron chi connectivity index (χ2n) is 5.63. The van der Waals surface area contributed by atoms with Crippen LogP contribution in [0.25, 0.3) is 0 Å². The van der Waals surface area contributed by atoms with Crippen LogP contribution in [0, 0.1) is 5.41 Å². The SMILES string of the molecule is CCC(C)(CO)CN1CCN(c2ncccn2)CC1. The minimum Gasteiger partial charge on any atom is -0.396 e. The zero-order valence-electron chi connectivity index (χ0n) is 11.9. The number of hydrogen-bond acceptors (Lipinski definition) is 5. The van der Waals surface area contributed by atoms with Crippen LogP contribution in [-0.4, -0.2) is 59.3 Å². The molecule has 0 bridgehead atoms. The molecule has 2 heterocycles. The van der Waals surface area contributed by atoms with Crippen molar-refractivity contribution >= 4 is 5.95 Å². The van der Waals surface area contributed by atoms with Gasteiger partial charge < -0.3 is 10.0 Å². The van der Waals surface area contributed by atoms with Gasteiger partial charge in [-0.05, 0) is 12.5 Å². The van der Waals surface area contributed by atoms with E-state index in [0.717, 1.165) is 45.1 Å². The Morgan fingerprint density at radius 1 is 1.21 bits per heavy atom. The van der Waals surface area contributed by atoms with Gasteiger partial charge in [0, 0.05) is 57.1 Å². The maximum Gasteiger partial charge on any atom is 0.225 e. The zero-order chi connectivity index (χ0) is 13.7. The lowest BCUT2D eigenvalue weighted by Crippen LogP contribution is -2.50. The smallest absolute Gasteiger partial charge is 0.225 e. The first kappa shape index (κ1) is 14.2. The van der Waals surface area contributed by atoms with Crippen molar-refractivity contribution in [3.05, 3.63) is 18.5 Å². The molecule has 0 spiro atoms. The predicted octanol–water partition coefficient (Wildman–Crippen LogP) is 1.01. The van der Waals surface area contributed by atoms with Crippen LogP contribution in [0.3, 0.4) is 0 Å². The molecule has 19 heavy (non-hydrogen) atoms. The Hall–Kier alpha value is -1.20. The van der Waals surface area contributed by atoms with Gasteiger partial charge in [-0.3, -0.25) is 4.90 Å². The van der Waals surface area contributed by atoms with Crippen molar-refractivity contribution in [2.45, 2.75) is 20.3 Å². The van der Waals surface area contributed by atoms with E-state index in [1.807, 2.05) is 6.07 Å². The Bertz CT molecular complexity index is 372. The summed E-state index contributed by atoms with van der Waals surface area (Å²) in [4.78, 5) is 13.2. The predicted molar refractivity (Wildman–Crippen MR) is 76.2 cm³/mol. The molecule has 0 amide bonds. The molecule has 0 aromatic carbocycles. The molecule has 1 fully saturated rings. The average molecular weight is 264 g/mol. The molecule has 2 rings (SSSR count). The lowest BCUT2D eigenvalue weighted by molar-refractivity contribution is 0.0817. The second kappa shape index (κ2) is 6.30. The van der Waals surface area contributed by atoms with Crippen molar-refractivity contribution in [1.82, 2.24) is 14.9 Å². The molecule has 1 unspecified atom stereocenters. The van der Waals surface area contributed by atoms with Gasteiger partial charge in [-0.1, -0.05) is 13.8 Å². The largest absolute Gasteiger partial charge is 0.396 e. The van der Waals surface area contributed by atoms with Crippen LogP contribution in [-0.2, 0) is 0 Å². The number of aromatic nitrogens is 2. The van der Waals surface area contributed by atoms with Crippen LogP contribution in [0.1, 0.15) is 20.3 Å². The van der Waals surface area contributed by atoms with Gasteiger partial charge in [-0.25, -0.2) is 9.97 Å². The van der Waals surface area contributed by atoms with E-state index < -0.39 is 0 Å². The average Bonchev–Trinajstić information content (AvgIpc) is 2.49. The fourth-order valence-electron chi connectivity index (χ4n) is 2.37. The molecule has 5 heteroatoms. The van der Waals surface area contributed by atoms with Gasteiger partial charge in [0.15, 0.2) is 0 Å². The molecule has 1 N–H and O–H groups in total. The highest BCUT2D eigenvalue weighted by molar-refractivity contribution is 5.29. The molecular formula is C14H24N4O. The molecule has 1 atom stereocenters. The molecule has 1 aliphatic heterocycles. The monoisotopic (exact) mass is 264 g/mol. The maximum atomic E-state index is 9.49. The van der Waals surface area contributed by atoms with E-state index >= 15 is 0 Å². The summed E-state index contributed by atoms with van der Waals surface area (Å²) in [6.07, 6.45) is 4.58. The Labute approximate surface area is 115 Å². The van der Waals surface area contributed by atoms with E-state index in [9.17, 15) is 5.11 Å². The number of aliphatic hydroxyl groups excluding tert-OH is 1. The number of nitrogens with zero attached hydrogens (tertiary/aromatic N) is 4. The highest BCUT2D eigenvalue weighted by Gasteiger charge is 2.27. The first-order chi connectivity index (χ1) is 9.17. The van der Waals surface area contributed by atoms with Gasteiger partial charge in [-0.15, -0.1) is 0 Å². The van der Waals surface area contributed by atoms with Crippen LogP contribution in [0.5, 0.6) is 0 Å². The zero-order valence-corrected chi connectivity index (χ0v) is 11.9. The topological polar surface area (TPSA) is 52.5 Å². The van der Waals surface area contributed by atoms with Crippen molar-refractivity contribution in [2.24, 2.45) is 5.41 Å². The lowest BCUT2D eigenvalue weighted by Gasteiger charge is -2.39. The van der Waals surface area contributed by atoms with Gasteiger partial charge in [0.05, 0.1) is 0 Å². The third-order valence-corrected chi connectivity index (χ3v) is 4.05. The summed E-state index contributed by atoms with van der Waals surface area (Å²) in [5.41, 5.74) is 0.0193. The van der Waals surface area contributed by atoms with Crippen LogP contribution < -0.4 is 4.90 Å². The summed E-state index contributed by atoms with van der Waals surface area (Å²) in [6, 6.07) is 1.84. The molecular weight excluding hydrogens is 240 g/mol. The summed E-state index contributed by atoms with van der Waals surface area (Å²) in [7, 11) is 0. The molecule has 0 saturated carbocycles. The van der Waals surface area contributed by atoms with Crippen molar-refractivity contribution < 1.29 is 5.11 Å². The molecule has 106 valence electrons. The summed E-state index contributed by atoms with van der Waals surface area (Å²) >= 11 is 0. The third-order valence-electron chi connectivity index (χ3n) is 4.05. The van der Waals surface area contributed by atoms with Crippen molar-refractivity contribution in [2.75, 3.05) is 44.2 Å². The molecule has 1 aromatic heterocycles. The fourth-order valence-corrected chi connectivity index (χ4v) is 2.37. The Morgan fingerprint density at radius 3 is 2.37 bits per heavy atom. The van der Waals surface area contributed by atoms with Gasteiger partial charge in [-0.2, -0.15) is 0 Å². The van der Waals surface area contributed by atoms with E-state index in [1.54, 1.807) is 12.4 Å². The number of rotatable bonds is 5. The maximum absolute atomic E-state index is 9.49. The fraction of sp³-hybridized carbons (Fsp3) is 0.714. The van der Waals surface area contributed by atoms with E-state index in [4.69, 9.17) is 0 Å². The minimum atomic E-state index is 0.0193. The van der Waals surface area contributed by atoms with Gasteiger partial charge in [0.2, 0.25) is 5.95 Å². The summed E-state index contributed by atoms with van der Waals surface area (Å²) in [5.74, 6) is 0.822. The van der Waals surface area contributed by atoms with Crippen molar-refractivity contribution in [3.8, 4) is 0 Å². The van der Waals surface area contributed by atoms with Crippen molar-refractivity contribution in [3.63, 3.8) is 0 Å². The van der Waals surface area contributed by atoms with Crippen LogP contribution >= 0.6 is 0 Å². The second-order valence-corrected chi connectivity index (χ2v) is 5.63. The molecule has 0 radical (unpaired) electrons. The number of aliphatic hydroxyl groups is 1. The third kappa shape index (κ3) is 3.64. The summed E-state index contributed by atoms with van der Waals surface area (Å²) in [5, 5.41) is 9.49. The van der Waals surface area contributed by atoms with E-state index in [-0.39, 0.29) is 12.0 Å². The molecule has 1 aliphatic rings. The first-order valence-electron chi connectivity index (χ1n) is 7.02. The Morgan fingerprint density at radius 2 is 1.84 bits per heavy atom. The first-order valence-corrected chi connectivity index (χ1v) is 7.02. The Kier molecular flexibility index (Phi) is 4.71. The van der Waals surface area contributed by atoms with Gasteiger partial charge >= 0.3 is 0 Å². The highest BCUT2D eigenvalue weighted by atomic mass is 16.3. The van der Waals surface area contributed by atoms with Crippen LogP contribution in [0.4, 0.5) is 5.95 Å². The summed E-state index contributed by atoms with van der Waals surface area (Å²) < 4.78 is 0. The van der Waals surface area contributed by atoms with E-state index in [2.05, 4.69) is 33.6 Å². The van der Waals surface area contributed by atoms with E-state index in [0.29, 0.717) is 0 Å². The quantitative estimate of drug-likeness (QED) is 0.860. The van der Waals surface area contributed by atoms with Crippen LogP contribution in [0.2, 0.25) is 0 Å². The summed E-state index contributed by atoms with van der Waals surface area (Å²) in [6.45, 7) is 9.44. The highest BCUT2D eigenvalue weighted by Crippen LogP contribution is 2.22. The Balaban J connectivity index is 1.86. The van der Waals surface area contributed by atoms with Gasteiger partial charge in [0.25, 0.3) is 0 Å². The molecule has 0 aliphatic carbocycles. The lowest BCUT2D eigenvalue weighted by atomic mass is 9.88. The standard InChI is InChI=1S/C14H24N4O/c1-3-14(2,12-19)11-17-7-9-18(10-8-17)13-15-5-4-6-16-13/h4-6,19H,3,7-12H2,1-2H3. The number of piperazine rings is 1. The van der Waals surface area contributed by atoms with Gasteiger partial charge in [0.1, 0.15) is 0 Å². The minimum absolute atomic E-state index is 0.0193. The number of anilines is 1. The molecule has 5 nitrogen and oxygen atoms in total. The number of hydrogen-bond donors (Lipinski definition) is 1. The van der Waals surface area contributed by atoms with Crippen molar-refractivity contribution in [1.29, 1.82) is 0 Å². The normalized spacial score (nSPS) is 20.3.